The van der Waals surface area contributed by atoms with E-state index in [1.165, 1.54) is 6.20 Å². The number of hydrogen-bond donors (Lipinski definition) is 0. The van der Waals surface area contributed by atoms with Crippen molar-refractivity contribution in [3.8, 4) is 11.8 Å². The lowest BCUT2D eigenvalue weighted by molar-refractivity contribution is -0.389. The lowest BCUT2D eigenvalue weighted by Crippen LogP contribution is -2.43. The highest BCUT2D eigenvalue weighted by Gasteiger charge is 2.37. The van der Waals surface area contributed by atoms with E-state index >= 15 is 0 Å². The van der Waals surface area contributed by atoms with E-state index in [4.69, 9.17) is 9.47 Å². The number of ether oxygens (including phenoxy) is 2. The van der Waals surface area contributed by atoms with Gasteiger partial charge in [0.05, 0.1) is 0 Å². The zero-order chi connectivity index (χ0) is 14.9. The zero-order valence-electron chi connectivity index (χ0n) is 11.6. The minimum atomic E-state index is -0.551. The Morgan fingerprint density at radius 1 is 1.48 bits per heavy atom. The van der Waals surface area contributed by atoms with Crippen LogP contribution >= 0.6 is 0 Å². The minimum absolute atomic E-state index is 0.196. The van der Waals surface area contributed by atoms with Gasteiger partial charge in [-0.3, -0.25) is 4.57 Å². The summed E-state index contributed by atoms with van der Waals surface area (Å²) in [4.78, 5) is 14.1. The first-order valence-corrected chi connectivity index (χ1v) is 6.64. The van der Waals surface area contributed by atoms with Crippen molar-refractivity contribution in [2.75, 3.05) is 6.61 Å². The van der Waals surface area contributed by atoms with Crippen molar-refractivity contribution in [2.24, 2.45) is 0 Å². The van der Waals surface area contributed by atoms with Crippen LogP contribution in [0.2, 0.25) is 0 Å². The predicted octanol–water partition coefficient (Wildman–Crippen LogP) is 2.41. The summed E-state index contributed by atoms with van der Waals surface area (Å²) in [6.07, 6.45) is 2.09. The van der Waals surface area contributed by atoms with Crippen LogP contribution in [-0.4, -0.2) is 26.7 Å². The van der Waals surface area contributed by atoms with Crippen molar-refractivity contribution >= 4 is 5.82 Å². The molecule has 0 bridgehead atoms. The van der Waals surface area contributed by atoms with Gasteiger partial charge in [-0.2, -0.15) is 0 Å². The molecule has 1 atom stereocenters. The Kier molecular flexibility index (Phi) is 3.25. The van der Waals surface area contributed by atoms with Gasteiger partial charge in [0.1, 0.15) is 24.2 Å². The number of nitrogens with zero attached hydrogens (tertiary/aromatic N) is 3. The molecule has 7 nitrogen and oxygen atoms in total. The molecule has 2 heterocycles. The summed E-state index contributed by atoms with van der Waals surface area (Å²) in [5, 5.41) is 10.7. The summed E-state index contributed by atoms with van der Waals surface area (Å²) in [6, 6.07) is 9.73. The fraction of sp³-hybridized carbons (Fsp3) is 0.357. The molecule has 1 unspecified atom stereocenters. The quantitative estimate of drug-likeness (QED) is 0.638. The van der Waals surface area contributed by atoms with Gasteiger partial charge in [0.15, 0.2) is 0 Å². The summed E-state index contributed by atoms with van der Waals surface area (Å²) in [7, 11) is 0. The van der Waals surface area contributed by atoms with Gasteiger partial charge in [-0.15, -0.1) is 0 Å². The van der Waals surface area contributed by atoms with Crippen LogP contribution in [0, 0.1) is 10.1 Å². The largest absolute Gasteiger partial charge is 0.489 e. The number of fused-ring (bicyclic) bond motifs is 1. The van der Waals surface area contributed by atoms with E-state index in [0.29, 0.717) is 19.6 Å². The third-order valence-electron chi connectivity index (χ3n) is 3.42. The van der Waals surface area contributed by atoms with Crippen LogP contribution in [0.1, 0.15) is 13.3 Å². The lowest BCUT2D eigenvalue weighted by atomic mass is 10.0. The second-order valence-corrected chi connectivity index (χ2v) is 5.24. The molecule has 0 N–H and O–H groups in total. The summed E-state index contributed by atoms with van der Waals surface area (Å²) >= 11 is 0. The van der Waals surface area contributed by atoms with E-state index in [0.717, 1.165) is 5.75 Å². The molecule has 0 amide bonds. The topological polar surface area (TPSA) is 79.4 Å². The Balaban J connectivity index is 1.70. The Bertz CT molecular complexity index is 655. The maximum Gasteiger partial charge on any atom is 0.414 e. The molecular weight excluding hydrogens is 274 g/mol. The lowest BCUT2D eigenvalue weighted by Gasteiger charge is -2.32. The van der Waals surface area contributed by atoms with Gasteiger partial charge in [-0.1, -0.05) is 18.2 Å². The summed E-state index contributed by atoms with van der Waals surface area (Å²) < 4.78 is 13.2. The van der Waals surface area contributed by atoms with Crippen LogP contribution in [0.25, 0.3) is 0 Å². The van der Waals surface area contributed by atoms with Crippen molar-refractivity contribution < 1.29 is 14.4 Å². The van der Waals surface area contributed by atoms with Gasteiger partial charge in [0.2, 0.25) is 0 Å². The highest BCUT2D eigenvalue weighted by molar-refractivity contribution is 5.23. The van der Waals surface area contributed by atoms with E-state index in [-0.39, 0.29) is 11.8 Å². The molecule has 0 fully saturated rings. The Morgan fingerprint density at radius 3 is 2.95 bits per heavy atom. The number of rotatable bonds is 4. The van der Waals surface area contributed by atoms with Crippen molar-refractivity contribution in [3.63, 3.8) is 0 Å². The van der Waals surface area contributed by atoms with Gasteiger partial charge in [0, 0.05) is 17.9 Å². The monoisotopic (exact) mass is 289 g/mol. The number of nitro groups is 1. The third kappa shape index (κ3) is 2.81. The first-order valence-electron chi connectivity index (χ1n) is 6.64. The van der Waals surface area contributed by atoms with Gasteiger partial charge in [0.25, 0.3) is 0 Å². The molecule has 0 spiro atoms. The fourth-order valence-corrected chi connectivity index (χ4v) is 2.20. The van der Waals surface area contributed by atoms with E-state index < -0.39 is 10.5 Å². The highest BCUT2D eigenvalue weighted by atomic mass is 16.6. The van der Waals surface area contributed by atoms with E-state index in [1.807, 2.05) is 37.3 Å². The van der Waals surface area contributed by atoms with Gasteiger partial charge >= 0.3 is 11.8 Å². The standard InChI is InChI=1S/C14H15N3O4/c1-14(10-20-11-5-3-2-4-6-11)7-8-16-9-12(17(18)19)15-13(16)21-14/h2-6,9H,7-8,10H2,1H3. The number of hydrogen-bond acceptors (Lipinski definition) is 5. The van der Waals surface area contributed by atoms with Gasteiger partial charge < -0.3 is 19.6 Å². The average Bonchev–Trinajstić information content (AvgIpc) is 2.89. The van der Waals surface area contributed by atoms with Gasteiger partial charge in [-0.25, -0.2) is 0 Å². The van der Waals surface area contributed by atoms with E-state index in [2.05, 4.69) is 4.98 Å². The predicted molar refractivity (Wildman–Crippen MR) is 74.5 cm³/mol. The first-order chi connectivity index (χ1) is 10.1. The number of aromatic nitrogens is 2. The minimum Gasteiger partial charge on any atom is -0.489 e. The first kappa shape index (κ1) is 13.4. The maximum atomic E-state index is 10.7. The van der Waals surface area contributed by atoms with Crippen LogP contribution in [0.15, 0.2) is 36.5 Å². The SMILES string of the molecule is CC1(COc2ccccc2)CCn2cc([N+](=O)[O-])nc2O1. The molecule has 0 radical (unpaired) electrons. The average molecular weight is 289 g/mol. The van der Waals surface area contributed by atoms with Crippen LogP contribution in [0.5, 0.6) is 11.8 Å². The van der Waals surface area contributed by atoms with Crippen LogP contribution in [0.3, 0.4) is 0 Å². The maximum absolute atomic E-state index is 10.7. The van der Waals surface area contributed by atoms with Crippen molar-refractivity contribution in [1.29, 1.82) is 0 Å². The Hall–Kier alpha value is -2.57. The summed E-state index contributed by atoms with van der Waals surface area (Å²) in [5.74, 6) is 0.570. The van der Waals surface area contributed by atoms with E-state index in [1.54, 1.807) is 4.57 Å². The second kappa shape index (κ2) is 5.08. The molecule has 1 aliphatic rings. The molecule has 1 aromatic heterocycles. The van der Waals surface area contributed by atoms with Crippen LogP contribution in [-0.2, 0) is 6.54 Å². The molecule has 0 aliphatic carbocycles. The third-order valence-corrected chi connectivity index (χ3v) is 3.42. The number of para-hydroxylation sites is 1. The summed E-state index contributed by atoms with van der Waals surface area (Å²) in [5.41, 5.74) is -0.551. The van der Waals surface area contributed by atoms with Crippen molar-refractivity contribution in [3.05, 3.63) is 46.6 Å². The van der Waals surface area contributed by atoms with Crippen LogP contribution < -0.4 is 9.47 Å². The molecular formula is C14H15N3O4. The second-order valence-electron chi connectivity index (χ2n) is 5.24. The summed E-state index contributed by atoms with van der Waals surface area (Å²) in [6.45, 7) is 2.89. The van der Waals surface area contributed by atoms with Crippen LogP contribution in [0.4, 0.5) is 5.82 Å². The molecule has 110 valence electrons. The molecule has 1 aromatic carbocycles. The van der Waals surface area contributed by atoms with Crippen molar-refractivity contribution in [1.82, 2.24) is 9.55 Å². The molecule has 2 aromatic rings. The molecule has 1 aliphatic heterocycles. The van der Waals surface area contributed by atoms with Gasteiger partial charge in [-0.05, 0) is 24.0 Å². The molecule has 0 saturated heterocycles. The Morgan fingerprint density at radius 2 is 2.24 bits per heavy atom. The molecule has 21 heavy (non-hydrogen) atoms. The highest BCUT2D eigenvalue weighted by Crippen LogP contribution is 2.30. The fourth-order valence-electron chi connectivity index (χ4n) is 2.20. The number of aryl methyl sites for hydroxylation is 1. The Labute approximate surface area is 121 Å². The molecule has 3 rings (SSSR count). The molecule has 7 heteroatoms. The van der Waals surface area contributed by atoms with Crippen molar-refractivity contribution in [2.45, 2.75) is 25.5 Å². The zero-order valence-corrected chi connectivity index (χ0v) is 11.6. The number of imidazole rings is 1. The normalized spacial score (nSPS) is 20.4. The van der Waals surface area contributed by atoms with E-state index in [9.17, 15) is 10.1 Å². The molecule has 0 saturated carbocycles. The number of benzene rings is 1. The smallest absolute Gasteiger partial charge is 0.414 e.